The van der Waals surface area contributed by atoms with Gasteiger partial charge in [0.2, 0.25) is 0 Å². The largest absolute Gasteiger partial charge is 0.452 e. The summed E-state index contributed by atoms with van der Waals surface area (Å²) >= 11 is 5.83. The Balaban J connectivity index is 1.63. The highest BCUT2D eigenvalue weighted by molar-refractivity contribution is 6.30. The van der Waals surface area contributed by atoms with Crippen LogP contribution in [-0.2, 0) is 16.1 Å². The summed E-state index contributed by atoms with van der Waals surface area (Å²) in [6.07, 6.45) is 0. The third kappa shape index (κ3) is 4.44. The number of ether oxygens (including phenoxy) is 1. The molecular weight excluding hydrogens is 364 g/mol. The van der Waals surface area contributed by atoms with Gasteiger partial charge in [0.1, 0.15) is 0 Å². The molecule has 0 spiro atoms. The van der Waals surface area contributed by atoms with Crippen molar-refractivity contribution < 1.29 is 14.3 Å². The number of hydrogen-bond donors (Lipinski definition) is 1. The van der Waals surface area contributed by atoms with E-state index in [1.165, 1.54) is 0 Å². The molecule has 0 bridgehead atoms. The number of hydrogen-bond acceptors (Lipinski definition) is 4. The second-order valence-corrected chi connectivity index (χ2v) is 6.63. The van der Waals surface area contributed by atoms with Crippen LogP contribution in [-0.4, -0.2) is 23.5 Å². The Labute approximate surface area is 162 Å². The number of pyridine rings is 1. The first-order valence-corrected chi connectivity index (χ1v) is 8.87. The number of esters is 1. The number of aromatic nitrogens is 1. The number of benzene rings is 2. The molecule has 0 aliphatic carbocycles. The first-order valence-electron chi connectivity index (χ1n) is 8.50. The molecule has 3 aromatic rings. The van der Waals surface area contributed by atoms with E-state index >= 15 is 0 Å². The Kier molecular flexibility index (Phi) is 5.72. The maximum absolute atomic E-state index is 12.5. The maximum Gasteiger partial charge on any atom is 0.340 e. The SMILES string of the molecule is Cc1nc2ccccc2c(C)c1C(=O)OCC(=O)NCc1ccc(Cl)cc1. The molecular formula is C21H19ClN2O3. The van der Waals surface area contributed by atoms with E-state index in [0.29, 0.717) is 22.8 Å². The van der Waals surface area contributed by atoms with Crippen LogP contribution in [0.15, 0.2) is 48.5 Å². The molecule has 27 heavy (non-hydrogen) atoms. The highest BCUT2D eigenvalue weighted by atomic mass is 35.5. The normalized spacial score (nSPS) is 10.6. The molecule has 138 valence electrons. The van der Waals surface area contributed by atoms with Gasteiger partial charge in [0, 0.05) is 17.0 Å². The van der Waals surface area contributed by atoms with E-state index in [4.69, 9.17) is 16.3 Å². The second-order valence-electron chi connectivity index (χ2n) is 6.19. The van der Waals surface area contributed by atoms with Crippen LogP contribution in [0.3, 0.4) is 0 Å². The van der Waals surface area contributed by atoms with Crippen LogP contribution < -0.4 is 5.32 Å². The zero-order valence-corrected chi connectivity index (χ0v) is 15.8. The second kappa shape index (κ2) is 8.18. The van der Waals surface area contributed by atoms with E-state index in [-0.39, 0.29) is 12.5 Å². The molecule has 0 saturated carbocycles. The number of para-hydroxylation sites is 1. The first kappa shape index (κ1) is 18.9. The summed E-state index contributed by atoms with van der Waals surface area (Å²) in [6, 6.07) is 14.7. The predicted octanol–water partition coefficient (Wildman–Crippen LogP) is 3.98. The van der Waals surface area contributed by atoms with Gasteiger partial charge in [0.15, 0.2) is 6.61 Å². The molecule has 1 N–H and O–H groups in total. The van der Waals surface area contributed by atoms with Crippen LogP contribution in [0.25, 0.3) is 10.9 Å². The quantitative estimate of drug-likeness (QED) is 0.678. The number of carbonyl (C=O) groups is 2. The molecule has 1 aromatic heterocycles. The minimum atomic E-state index is -0.551. The van der Waals surface area contributed by atoms with Crippen molar-refractivity contribution >= 4 is 34.4 Å². The number of nitrogens with one attached hydrogen (secondary N) is 1. The highest BCUT2D eigenvalue weighted by Crippen LogP contribution is 2.23. The lowest BCUT2D eigenvalue weighted by molar-refractivity contribution is -0.124. The Morgan fingerprint density at radius 1 is 1.07 bits per heavy atom. The fourth-order valence-electron chi connectivity index (χ4n) is 2.89. The van der Waals surface area contributed by atoms with Crippen molar-refractivity contribution in [1.29, 1.82) is 0 Å². The van der Waals surface area contributed by atoms with Crippen LogP contribution in [0, 0.1) is 13.8 Å². The van der Waals surface area contributed by atoms with Crippen molar-refractivity contribution in [2.45, 2.75) is 20.4 Å². The molecule has 0 fully saturated rings. The van der Waals surface area contributed by atoms with Crippen molar-refractivity contribution in [2.24, 2.45) is 0 Å². The number of halogens is 1. The summed E-state index contributed by atoms with van der Waals surface area (Å²) in [5.74, 6) is -0.924. The van der Waals surface area contributed by atoms with Gasteiger partial charge in [0.25, 0.3) is 5.91 Å². The molecule has 0 saturated heterocycles. The van der Waals surface area contributed by atoms with Crippen LogP contribution in [0.2, 0.25) is 5.02 Å². The standard InChI is InChI=1S/C21H19ClN2O3/c1-13-17-5-3-4-6-18(17)24-14(2)20(13)21(26)27-12-19(25)23-11-15-7-9-16(22)10-8-15/h3-10H,11-12H2,1-2H3,(H,23,25). The van der Waals surface area contributed by atoms with Crippen LogP contribution in [0.5, 0.6) is 0 Å². The van der Waals surface area contributed by atoms with Crippen molar-refractivity contribution in [3.8, 4) is 0 Å². The Bertz CT molecular complexity index is 1000. The Hall–Kier alpha value is -2.92. The Morgan fingerprint density at radius 2 is 1.78 bits per heavy atom. The number of amides is 1. The van der Waals surface area contributed by atoms with E-state index < -0.39 is 5.97 Å². The molecule has 0 radical (unpaired) electrons. The van der Waals surface area contributed by atoms with Gasteiger partial charge in [0.05, 0.1) is 16.8 Å². The number of aryl methyl sites for hydroxylation is 2. The minimum Gasteiger partial charge on any atom is -0.452 e. The number of carbonyl (C=O) groups excluding carboxylic acids is 2. The topological polar surface area (TPSA) is 68.3 Å². The Morgan fingerprint density at radius 3 is 2.52 bits per heavy atom. The fraction of sp³-hybridized carbons (Fsp3) is 0.190. The van der Waals surface area contributed by atoms with Crippen molar-refractivity contribution in [2.75, 3.05) is 6.61 Å². The van der Waals surface area contributed by atoms with Crippen LogP contribution in [0.1, 0.15) is 27.2 Å². The van der Waals surface area contributed by atoms with Crippen molar-refractivity contribution in [3.05, 3.63) is 75.9 Å². The smallest absolute Gasteiger partial charge is 0.340 e. The van der Waals surface area contributed by atoms with Gasteiger partial charge >= 0.3 is 5.97 Å². The zero-order valence-electron chi connectivity index (χ0n) is 15.1. The third-order valence-electron chi connectivity index (χ3n) is 4.27. The summed E-state index contributed by atoms with van der Waals surface area (Å²) in [6.45, 7) is 3.60. The lowest BCUT2D eigenvalue weighted by Crippen LogP contribution is -2.28. The van der Waals surface area contributed by atoms with E-state index in [1.807, 2.05) is 43.3 Å². The van der Waals surface area contributed by atoms with Gasteiger partial charge in [-0.25, -0.2) is 4.79 Å². The number of nitrogens with zero attached hydrogens (tertiary/aromatic N) is 1. The summed E-state index contributed by atoms with van der Waals surface area (Å²) < 4.78 is 5.20. The predicted molar refractivity (Wildman–Crippen MR) is 105 cm³/mol. The number of rotatable bonds is 5. The molecule has 2 aromatic carbocycles. The third-order valence-corrected chi connectivity index (χ3v) is 4.53. The monoisotopic (exact) mass is 382 g/mol. The highest BCUT2D eigenvalue weighted by Gasteiger charge is 2.18. The molecule has 5 nitrogen and oxygen atoms in total. The molecule has 0 aliphatic heterocycles. The van der Waals surface area contributed by atoms with E-state index in [9.17, 15) is 9.59 Å². The lowest BCUT2D eigenvalue weighted by atomic mass is 10.0. The van der Waals surface area contributed by atoms with Gasteiger partial charge in [-0.1, -0.05) is 41.9 Å². The van der Waals surface area contributed by atoms with Crippen LogP contribution in [0.4, 0.5) is 0 Å². The molecule has 0 unspecified atom stereocenters. The van der Waals surface area contributed by atoms with Gasteiger partial charge < -0.3 is 10.1 Å². The zero-order chi connectivity index (χ0) is 19.4. The molecule has 0 aliphatic rings. The minimum absolute atomic E-state index is 0.336. The number of fused-ring (bicyclic) bond motifs is 1. The lowest BCUT2D eigenvalue weighted by Gasteiger charge is -2.12. The molecule has 1 heterocycles. The van der Waals surface area contributed by atoms with Gasteiger partial charge in [-0.05, 0) is 43.2 Å². The fourth-order valence-corrected chi connectivity index (χ4v) is 3.01. The summed E-state index contributed by atoms with van der Waals surface area (Å²) in [5.41, 5.74) is 3.51. The molecule has 0 atom stereocenters. The van der Waals surface area contributed by atoms with Gasteiger partial charge in [-0.2, -0.15) is 0 Å². The van der Waals surface area contributed by atoms with E-state index in [1.54, 1.807) is 19.1 Å². The first-order chi connectivity index (χ1) is 13.0. The van der Waals surface area contributed by atoms with Gasteiger partial charge in [-0.3, -0.25) is 9.78 Å². The molecule has 3 rings (SSSR count). The van der Waals surface area contributed by atoms with E-state index in [2.05, 4.69) is 10.3 Å². The summed E-state index contributed by atoms with van der Waals surface area (Å²) in [4.78, 5) is 28.9. The van der Waals surface area contributed by atoms with Crippen molar-refractivity contribution in [1.82, 2.24) is 10.3 Å². The summed E-state index contributed by atoms with van der Waals surface area (Å²) in [7, 11) is 0. The molecule has 1 amide bonds. The maximum atomic E-state index is 12.5. The average molecular weight is 383 g/mol. The summed E-state index contributed by atoms with van der Waals surface area (Å²) in [5, 5.41) is 4.23. The van der Waals surface area contributed by atoms with Crippen molar-refractivity contribution in [3.63, 3.8) is 0 Å². The average Bonchev–Trinajstić information content (AvgIpc) is 2.66. The van der Waals surface area contributed by atoms with Gasteiger partial charge in [-0.15, -0.1) is 0 Å². The van der Waals surface area contributed by atoms with E-state index in [0.717, 1.165) is 22.0 Å². The molecule has 6 heteroatoms. The van der Waals surface area contributed by atoms with Crippen LogP contribution >= 0.6 is 11.6 Å².